The molecule has 1 unspecified atom stereocenters. The van der Waals surface area contributed by atoms with Gasteiger partial charge in [0, 0.05) is 22.8 Å². The highest BCUT2D eigenvalue weighted by molar-refractivity contribution is 7.91. The van der Waals surface area contributed by atoms with Gasteiger partial charge >= 0.3 is 0 Å². The van der Waals surface area contributed by atoms with Crippen LogP contribution in [0.2, 0.25) is 5.02 Å². The van der Waals surface area contributed by atoms with Crippen molar-refractivity contribution in [1.29, 1.82) is 0 Å². The summed E-state index contributed by atoms with van der Waals surface area (Å²) in [6.45, 7) is 0. The summed E-state index contributed by atoms with van der Waals surface area (Å²) in [5, 5.41) is 1.97. The standard InChI is InChI=1S/C19H13ClFN3O3S2/c1-27-15-6-5-11(10-22-15)16-17-14(7-8-28-17)23-19(24-16)18(21)29(25,26)13-4-2-3-12(20)9-13/h2-10,18H,1H3. The van der Waals surface area contributed by atoms with Crippen LogP contribution in [0, 0.1) is 0 Å². The molecule has 10 heteroatoms. The van der Waals surface area contributed by atoms with Gasteiger partial charge in [-0.05, 0) is 35.7 Å². The highest BCUT2D eigenvalue weighted by atomic mass is 35.5. The lowest BCUT2D eigenvalue weighted by molar-refractivity contribution is 0.398. The van der Waals surface area contributed by atoms with Crippen molar-refractivity contribution in [1.82, 2.24) is 15.0 Å². The molecule has 148 valence electrons. The van der Waals surface area contributed by atoms with Crippen LogP contribution in [0.15, 0.2) is 58.9 Å². The molecular formula is C19H13ClFN3O3S2. The van der Waals surface area contributed by atoms with E-state index in [1.165, 1.54) is 48.9 Å². The number of aromatic nitrogens is 3. The first-order valence-corrected chi connectivity index (χ1v) is 11.1. The maximum absolute atomic E-state index is 15.2. The molecule has 0 radical (unpaired) electrons. The first-order chi connectivity index (χ1) is 13.9. The summed E-state index contributed by atoms with van der Waals surface area (Å²) in [5.41, 5.74) is -1.00. The predicted molar refractivity (Wildman–Crippen MR) is 110 cm³/mol. The van der Waals surface area contributed by atoms with Crippen molar-refractivity contribution in [2.24, 2.45) is 0 Å². The molecule has 0 N–H and O–H groups in total. The van der Waals surface area contributed by atoms with E-state index in [1.54, 1.807) is 23.6 Å². The Labute approximate surface area is 174 Å². The van der Waals surface area contributed by atoms with Gasteiger partial charge in [0.1, 0.15) is 0 Å². The summed E-state index contributed by atoms with van der Waals surface area (Å²) in [5.74, 6) is -0.0287. The molecule has 1 aromatic carbocycles. The molecule has 0 aliphatic heterocycles. The van der Waals surface area contributed by atoms with Crippen LogP contribution in [0.25, 0.3) is 21.5 Å². The van der Waals surface area contributed by atoms with Crippen molar-refractivity contribution in [3.63, 3.8) is 0 Å². The molecule has 1 atom stereocenters. The van der Waals surface area contributed by atoms with E-state index in [9.17, 15) is 8.42 Å². The summed E-state index contributed by atoms with van der Waals surface area (Å²) in [7, 11) is -2.89. The van der Waals surface area contributed by atoms with E-state index >= 15 is 4.39 Å². The van der Waals surface area contributed by atoms with Gasteiger partial charge < -0.3 is 4.74 Å². The number of sulfone groups is 1. The van der Waals surface area contributed by atoms with Crippen LogP contribution in [0.3, 0.4) is 0 Å². The Morgan fingerprint density at radius 3 is 2.69 bits per heavy atom. The van der Waals surface area contributed by atoms with Crippen molar-refractivity contribution in [2.75, 3.05) is 7.11 Å². The van der Waals surface area contributed by atoms with Crippen molar-refractivity contribution >= 4 is 43.0 Å². The molecule has 0 bridgehead atoms. The minimum Gasteiger partial charge on any atom is -0.481 e. The third-order valence-electron chi connectivity index (χ3n) is 4.14. The van der Waals surface area contributed by atoms with E-state index in [2.05, 4.69) is 15.0 Å². The smallest absolute Gasteiger partial charge is 0.263 e. The lowest BCUT2D eigenvalue weighted by Crippen LogP contribution is -2.13. The summed E-state index contributed by atoms with van der Waals surface area (Å²) in [6, 6.07) is 10.5. The molecular weight excluding hydrogens is 437 g/mol. The number of hydrogen-bond acceptors (Lipinski definition) is 7. The van der Waals surface area contributed by atoms with Gasteiger partial charge in [-0.3, -0.25) is 0 Å². The van der Waals surface area contributed by atoms with Gasteiger partial charge in [-0.2, -0.15) is 0 Å². The van der Waals surface area contributed by atoms with Crippen LogP contribution < -0.4 is 4.74 Å². The Morgan fingerprint density at radius 1 is 1.17 bits per heavy atom. The van der Waals surface area contributed by atoms with Crippen LogP contribution in [-0.2, 0) is 9.84 Å². The fourth-order valence-electron chi connectivity index (χ4n) is 2.72. The zero-order valence-corrected chi connectivity index (χ0v) is 17.3. The molecule has 0 aliphatic carbocycles. The summed E-state index contributed by atoms with van der Waals surface area (Å²) >= 11 is 7.23. The van der Waals surface area contributed by atoms with Gasteiger partial charge in [-0.25, -0.2) is 27.8 Å². The van der Waals surface area contributed by atoms with Gasteiger partial charge in [0.25, 0.3) is 5.50 Å². The van der Waals surface area contributed by atoms with E-state index in [0.29, 0.717) is 27.4 Å². The lowest BCUT2D eigenvalue weighted by atomic mass is 10.2. The molecule has 0 saturated carbocycles. The molecule has 0 fully saturated rings. The van der Waals surface area contributed by atoms with Crippen molar-refractivity contribution in [3.05, 3.63) is 64.9 Å². The number of nitrogens with zero attached hydrogens (tertiary/aromatic N) is 3. The zero-order valence-electron chi connectivity index (χ0n) is 14.9. The number of rotatable bonds is 5. The highest BCUT2D eigenvalue weighted by Crippen LogP contribution is 2.35. The quantitative estimate of drug-likeness (QED) is 0.433. The van der Waals surface area contributed by atoms with Crippen molar-refractivity contribution in [2.45, 2.75) is 10.4 Å². The minimum absolute atomic E-state index is 0.192. The third kappa shape index (κ3) is 3.68. The van der Waals surface area contributed by atoms with E-state index in [4.69, 9.17) is 16.3 Å². The number of alkyl halides is 1. The molecule has 4 rings (SSSR count). The van der Waals surface area contributed by atoms with Gasteiger partial charge in [0.2, 0.25) is 15.7 Å². The Bertz CT molecular complexity index is 1290. The topological polar surface area (TPSA) is 82.0 Å². The van der Waals surface area contributed by atoms with Crippen LogP contribution in [0.5, 0.6) is 5.88 Å². The zero-order chi connectivity index (χ0) is 20.6. The highest BCUT2D eigenvalue weighted by Gasteiger charge is 2.32. The Hall–Kier alpha value is -2.62. The number of hydrogen-bond donors (Lipinski definition) is 0. The molecule has 3 heterocycles. The van der Waals surface area contributed by atoms with Gasteiger partial charge in [-0.15, -0.1) is 11.3 Å². The first kappa shape index (κ1) is 19.7. The van der Waals surface area contributed by atoms with Crippen LogP contribution in [0.1, 0.15) is 11.3 Å². The second kappa shape index (κ2) is 7.66. The number of benzene rings is 1. The number of methoxy groups -OCH3 is 1. The summed E-state index contributed by atoms with van der Waals surface area (Å²) in [4.78, 5) is 12.3. The largest absolute Gasteiger partial charge is 0.481 e. The second-order valence-electron chi connectivity index (χ2n) is 5.97. The lowest BCUT2D eigenvalue weighted by Gasteiger charge is -2.11. The number of fused-ring (bicyclic) bond motifs is 1. The predicted octanol–water partition coefficient (Wildman–Crippen LogP) is 4.86. The van der Waals surface area contributed by atoms with Crippen LogP contribution in [-0.4, -0.2) is 30.5 Å². The van der Waals surface area contributed by atoms with E-state index < -0.39 is 21.2 Å². The Morgan fingerprint density at radius 2 is 2.00 bits per heavy atom. The van der Waals surface area contributed by atoms with Crippen LogP contribution in [0.4, 0.5) is 4.39 Å². The Kier molecular flexibility index (Phi) is 5.20. The molecule has 0 aliphatic rings. The number of thiophene rings is 1. The molecule has 0 amide bonds. The average molecular weight is 450 g/mol. The fourth-order valence-corrected chi connectivity index (χ4v) is 5.00. The monoisotopic (exact) mass is 449 g/mol. The molecule has 0 spiro atoms. The molecule has 0 saturated heterocycles. The third-order valence-corrected chi connectivity index (χ3v) is 6.95. The minimum atomic E-state index is -4.38. The van der Waals surface area contributed by atoms with Gasteiger partial charge in [0.05, 0.1) is 27.9 Å². The van der Waals surface area contributed by atoms with E-state index in [0.717, 1.165) is 0 Å². The second-order valence-corrected chi connectivity index (χ2v) is 9.30. The molecule has 4 aromatic rings. The van der Waals surface area contributed by atoms with Crippen LogP contribution >= 0.6 is 22.9 Å². The fraction of sp³-hybridized carbons (Fsp3) is 0.105. The van der Waals surface area contributed by atoms with Crippen molar-refractivity contribution < 1.29 is 17.5 Å². The van der Waals surface area contributed by atoms with Gasteiger partial charge in [0.15, 0.2) is 5.82 Å². The Balaban J connectivity index is 1.84. The molecule has 3 aromatic heterocycles. The number of ether oxygens (including phenoxy) is 1. The number of pyridine rings is 1. The molecule has 6 nitrogen and oxygen atoms in total. The maximum Gasteiger partial charge on any atom is 0.263 e. The first-order valence-electron chi connectivity index (χ1n) is 8.29. The number of halogens is 2. The summed E-state index contributed by atoms with van der Waals surface area (Å²) < 4.78 is 46.4. The molecule has 29 heavy (non-hydrogen) atoms. The SMILES string of the molecule is COc1ccc(-c2nc(C(F)S(=O)(=O)c3cccc(Cl)c3)nc3ccsc23)cn1. The maximum atomic E-state index is 15.2. The average Bonchev–Trinajstić information content (AvgIpc) is 3.21. The van der Waals surface area contributed by atoms with E-state index in [-0.39, 0.29) is 9.92 Å². The summed E-state index contributed by atoms with van der Waals surface area (Å²) in [6.07, 6.45) is 1.53. The van der Waals surface area contributed by atoms with E-state index in [1.807, 2.05) is 0 Å². The van der Waals surface area contributed by atoms with Gasteiger partial charge in [-0.1, -0.05) is 17.7 Å². The van der Waals surface area contributed by atoms with Crippen molar-refractivity contribution in [3.8, 4) is 17.1 Å². The normalized spacial score (nSPS) is 12.8.